The third-order valence-corrected chi connectivity index (χ3v) is 8.37. The Hall–Kier alpha value is -2.18. The van der Waals surface area contributed by atoms with Crippen molar-refractivity contribution in [2.75, 3.05) is 23.8 Å². The van der Waals surface area contributed by atoms with Gasteiger partial charge in [0, 0.05) is 6.54 Å². The van der Waals surface area contributed by atoms with Crippen LogP contribution in [0.4, 0.5) is 17.1 Å². The van der Waals surface area contributed by atoms with Crippen LogP contribution in [0.25, 0.3) is 0 Å². The van der Waals surface area contributed by atoms with E-state index in [1.807, 2.05) is 20.8 Å². The van der Waals surface area contributed by atoms with Crippen molar-refractivity contribution >= 4 is 38.7 Å². The average Bonchev–Trinajstić information content (AvgIpc) is 3.43. The number of hydrogen-bond acceptors (Lipinski definition) is 9. The normalized spacial score (nSPS) is 24.5. The first kappa shape index (κ1) is 24.9. The minimum atomic E-state index is -4.27. The lowest BCUT2D eigenvalue weighted by atomic mass is 10.0. The van der Waals surface area contributed by atoms with Gasteiger partial charge in [-0.05, 0) is 44.2 Å². The van der Waals surface area contributed by atoms with Crippen LogP contribution < -0.4 is 21.5 Å². The van der Waals surface area contributed by atoms with Gasteiger partial charge in [-0.1, -0.05) is 29.9 Å². The number of nitrogens with one attached hydrogen (secondary N) is 2. The molecule has 12 heteroatoms. The maximum Gasteiger partial charge on any atom is 0.270 e. The van der Waals surface area contributed by atoms with E-state index in [4.69, 9.17) is 21.2 Å². The van der Waals surface area contributed by atoms with Gasteiger partial charge in [0.05, 0.1) is 35.6 Å². The van der Waals surface area contributed by atoms with Crippen LogP contribution in [0.1, 0.15) is 40.0 Å². The molecule has 3 N–H and O–H groups in total. The van der Waals surface area contributed by atoms with Crippen molar-refractivity contribution in [2.45, 2.75) is 63.2 Å². The topological polar surface area (TPSA) is 134 Å². The van der Waals surface area contributed by atoms with E-state index >= 15 is 0 Å². The van der Waals surface area contributed by atoms with Crippen molar-refractivity contribution < 1.29 is 23.1 Å². The fraction of sp³-hybridized carbons (Fsp3) is 0.545. The van der Waals surface area contributed by atoms with E-state index in [1.54, 1.807) is 0 Å². The van der Waals surface area contributed by atoms with Crippen LogP contribution in [-0.2, 0) is 19.6 Å². The molecule has 2 fully saturated rings. The van der Waals surface area contributed by atoms with Gasteiger partial charge in [0.2, 0.25) is 0 Å². The molecule has 0 spiro atoms. The standard InChI is InChI=1S/C22H28ClN3O7S/c1-4-14(16-8-5-12(3)33-16)24-17-18(21(29)20(17)28)25-15-7-6-13(23)22(19(15)27)34(30,31)26-9-11(2)10-32-26/h6-7,11-12,14,16,24-25,27H,4-5,8-10H2,1-3H3. The van der Waals surface area contributed by atoms with Gasteiger partial charge in [-0.25, -0.2) is 8.42 Å². The summed E-state index contributed by atoms with van der Waals surface area (Å²) in [5.41, 5.74) is -1.51. The van der Waals surface area contributed by atoms with Crippen molar-refractivity contribution in [1.82, 2.24) is 4.47 Å². The summed E-state index contributed by atoms with van der Waals surface area (Å²) in [7, 11) is -4.27. The van der Waals surface area contributed by atoms with Crippen LogP contribution >= 0.6 is 11.6 Å². The Morgan fingerprint density at radius 3 is 2.50 bits per heavy atom. The van der Waals surface area contributed by atoms with Crippen molar-refractivity contribution in [3.63, 3.8) is 0 Å². The molecule has 4 unspecified atom stereocenters. The molecular weight excluding hydrogens is 486 g/mol. The molecule has 0 saturated carbocycles. The highest BCUT2D eigenvalue weighted by molar-refractivity contribution is 7.89. The molecular formula is C22H28ClN3O7S. The largest absolute Gasteiger partial charge is 0.504 e. The molecule has 0 bridgehead atoms. The number of ether oxygens (including phenoxy) is 1. The highest BCUT2D eigenvalue weighted by atomic mass is 35.5. The summed E-state index contributed by atoms with van der Waals surface area (Å²) in [4.78, 5) is 29.3. The fourth-order valence-electron chi connectivity index (χ4n) is 4.29. The summed E-state index contributed by atoms with van der Waals surface area (Å²) in [5.74, 6) is -0.692. The second-order valence-electron chi connectivity index (χ2n) is 8.92. The van der Waals surface area contributed by atoms with Gasteiger partial charge in [0.25, 0.3) is 20.9 Å². The third-order valence-electron chi connectivity index (χ3n) is 6.23. The van der Waals surface area contributed by atoms with Crippen molar-refractivity contribution in [1.29, 1.82) is 0 Å². The summed E-state index contributed by atoms with van der Waals surface area (Å²) in [5, 5.41) is 16.4. The first-order valence-corrected chi connectivity index (χ1v) is 13.1. The zero-order valence-corrected chi connectivity index (χ0v) is 20.7. The van der Waals surface area contributed by atoms with E-state index in [9.17, 15) is 23.1 Å². The molecule has 0 amide bonds. The molecule has 34 heavy (non-hydrogen) atoms. The molecule has 4 rings (SSSR count). The van der Waals surface area contributed by atoms with Gasteiger partial charge in [0.15, 0.2) is 5.75 Å². The predicted octanol–water partition coefficient (Wildman–Crippen LogP) is 2.72. The van der Waals surface area contributed by atoms with Crippen LogP contribution in [0, 0.1) is 5.92 Å². The number of phenolic OH excluding ortho intramolecular Hbond substituents is 1. The van der Waals surface area contributed by atoms with E-state index in [0.29, 0.717) is 6.42 Å². The number of phenols is 1. The second-order valence-corrected chi connectivity index (χ2v) is 11.1. The Morgan fingerprint density at radius 1 is 1.21 bits per heavy atom. The van der Waals surface area contributed by atoms with E-state index in [2.05, 4.69) is 10.6 Å². The minimum Gasteiger partial charge on any atom is -0.504 e. The summed E-state index contributed by atoms with van der Waals surface area (Å²) < 4.78 is 32.8. The SMILES string of the molecule is CCC(Nc1c(Nc2ccc(Cl)c(S(=O)(=O)N3CC(C)CO3)c2O)c(=O)c1=O)C1CCC(C)O1. The summed E-state index contributed by atoms with van der Waals surface area (Å²) >= 11 is 6.13. The number of anilines is 3. The van der Waals surface area contributed by atoms with E-state index in [1.165, 1.54) is 12.1 Å². The van der Waals surface area contributed by atoms with Gasteiger partial charge in [-0.3, -0.25) is 14.4 Å². The monoisotopic (exact) mass is 513 g/mol. The van der Waals surface area contributed by atoms with E-state index in [-0.39, 0.29) is 59.4 Å². The fourth-order valence-corrected chi connectivity index (χ4v) is 6.26. The van der Waals surface area contributed by atoms with Gasteiger partial charge >= 0.3 is 0 Å². The summed E-state index contributed by atoms with van der Waals surface area (Å²) in [6.07, 6.45) is 2.44. The average molecular weight is 514 g/mol. The molecule has 0 aliphatic carbocycles. The Labute approximate surface area is 202 Å². The van der Waals surface area contributed by atoms with Gasteiger partial charge in [0.1, 0.15) is 16.3 Å². The number of hydroxylamine groups is 1. The first-order valence-electron chi connectivity index (χ1n) is 11.2. The van der Waals surface area contributed by atoms with Crippen molar-refractivity contribution in [3.8, 4) is 5.75 Å². The first-order chi connectivity index (χ1) is 16.0. The highest BCUT2D eigenvalue weighted by Crippen LogP contribution is 2.41. The lowest BCUT2D eigenvalue weighted by molar-refractivity contribution is -0.0295. The molecule has 4 atom stereocenters. The van der Waals surface area contributed by atoms with Crippen molar-refractivity contribution in [2.24, 2.45) is 5.92 Å². The van der Waals surface area contributed by atoms with E-state index < -0.39 is 31.5 Å². The Kier molecular flexibility index (Phi) is 6.94. The molecule has 2 aromatic carbocycles. The number of aromatic hydroxyl groups is 1. The van der Waals surface area contributed by atoms with Gasteiger partial charge < -0.3 is 20.5 Å². The Bertz CT molecular complexity index is 1260. The van der Waals surface area contributed by atoms with E-state index in [0.717, 1.165) is 17.3 Å². The van der Waals surface area contributed by atoms with Crippen LogP contribution in [0.2, 0.25) is 5.02 Å². The van der Waals surface area contributed by atoms with Crippen LogP contribution in [0.3, 0.4) is 0 Å². The quantitative estimate of drug-likeness (QED) is 0.359. The maximum atomic E-state index is 13.1. The third kappa shape index (κ3) is 4.42. The molecule has 2 aliphatic rings. The molecule has 2 aromatic rings. The Balaban J connectivity index is 1.62. The summed E-state index contributed by atoms with van der Waals surface area (Å²) in [6.45, 7) is 6.10. The number of halogens is 1. The molecule has 0 aromatic heterocycles. The number of hydrogen-bond donors (Lipinski definition) is 3. The highest BCUT2D eigenvalue weighted by Gasteiger charge is 2.37. The van der Waals surface area contributed by atoms with Gasteiger partial charge in [-0.2, -0.15) is 0 Å². The second kappa shape index (κ2) is 9.46. The lowest BCUT2D eigenvalue weighted by Gasteiger charge is -2.26. The summed E-state index contributed by atoms with van der Waals surface area (Å²) in [6, 6.07) is 2.44. The molecule has 0 radical (unpaired) electrons. The zero-order chi connectivity index (χ0) is 24.8. The smallest absolute Gasteiger partial charge is 0.270 e. The molecule has 2 saturated heterocycles. The van der Waals surface area contributed by atoms with Crippen LogP contribution in [0.5, 0.6) is 5.75 Å². The van der Waals surface area contributed by atoms with Crippen LogP contribution in [-0.4, -0.2) is 49.4 Å². The number of nitrogens with zero attached hydrogens (tertiary/aromatic N) is 1. The van der Waals surface area contributed by atoms with Gasteiger partial charge in [-0.15, -0.1) is 0 Å². The molecule has 2 heterocycles. The molecule has 10 nitrogen and oxygen atoms in total. The predicted molar refractivity (Wildman–Crippen MR) is 128 cm³/mol. The number of benzene rings is 1. The number of sulfonamides is 1. The maximum absolute atomic E-state index is 13.1. The number of rotatable bonds is 8. The van der Waals surface area contributed by atoms with Crippen LogP contribution in [0.15, 0.2) is 26.6 Å². The van der Waals surface area contributed by atoms with Crippen molar-refractivity contribution in [3.05, 3.63) is 37.6 Å². The Morgan fingerprint density at radius 2 is 1.91 bits per heavy atom. The lowest BCUT2D eigenvalue weighted by Crippen LogP contribution is -2.42. The zero-order valence-electron chi connectivity index (χ0n) is 19.1. The minimum absolute atomic E-state index is 0.0206. The molecule has 2 aliphatic heterocycles. The molecule has 186 valence electrons.